The number of methoxy groups -OCH3 is 1. The zero-order valence-electron chi connectivity index (χ0n) is 17.9. The summed E-state index contributed by atoms with van der Waals surface area (Å²) < 4.78 is 10.9. The molecule has 0 spiro atoms. The number of aromatic nitrogens is 4. The number of rotatable bonds is 6. The molecule has 0 radical (unpaired) electrons. The number of nitrogens with zero attached hydrogens (tertiary/aromatic N) is 6. The number of hydrogen-bond donors (Lipinski definition) is 0. The molecule has 1 aliphatic heterocycles. The molecule has 2 aromatic heterocycles. The Morgan fingerprint density at radius 3 is 2.47 bits per heavy atom. The van der Waals surface area contributed by atoms with E-state index in [4.69, 9.17) is 14.2 Å². The average molecular weight is 428 g/mol. The number of hydrogen-bond acceptors (Lipinski definition) is 8. The summed E-state index contributed by atoms with van der Waals surface area (Å²) in [6.07, 6.45) is 1.83. The molecule has 0 N–H and O–H groups in total. The van der Waals surface area contributed by atoms with E-state index in [0.29, 0.717) is 18.3 Å². The smallest absolute Gasteiger partial charge is 0.241 e. The predicted molar refractivity (Wildman–Crippen MR) is 121 cm³/mol. The van der Waals surface area contributed by atoms with Gasteiger partial charge in [0.2, 0.25) is 11.7 Å². The number of para-hydroxylation sites is 1. The van der Waals surface area contributed by atoms with Gasteiger partial charge in [0.25, 0.3) is 0 Å². The fraction of sp³-hybridized carbons (Fsp3) is 0.250. The SMILES string of the molecule is COc1ccccc1-c1noc(CN2CCN(c3ccnc(-c4ccccc4)n3)CC2)n1. The van der Waals surface area contributed by atoms with Crippen molar-refractivity contribution in [1.82, 2.24) is 25.0 Å². The van der Waals surface area contributed by atoms with Gasteiger partial charge in [-0.1, -0.05) is 47.6 Å². The summed E-state index contributed by atoms with van der Waals surface area (Å²) in [6.45, 7) is 4.14. The molecule has 0 unspecified atom stereocenters. The van der Waals surface area contributed by atoms with Crippen LogP contribution in [0.15, 0.2) is 71.4 Å². The van der Waals surface area contributed by atoms with Crippen LogP contribution >= 0.6 is 0 Å². The van der Waals surface area contributed by atoms with Crippen LogP contribution in [0.4, 0.5) is 5.82 Å². The van der Waals surface area contributed by atoms with Gasteiger partial charge in [0.05, 0.1) is 19.2 Å². The quantitative estimate of drug-likeness (QED) is 0.461. The van der Waals surface area contributed by atoms with Crippen LogP contribution in [0.25, 0.3) is 22.8 Å². The minimum atomic E-state index is 0.547. The molecule has 1 aliphatic rings. The van der Waals surface area contributed by atoms with Crippen molar-refractivity contribution < 1.29 is 9.26 Å². The molecule has 32 heavy (non-hydrogen) atoms. The van der Waals surface area contributed by atoms with Gasteiger partial charge >= 0.3 is 0 Å². The van der Waals surface area contributed by atoms with Crippen molar-refractivity contribution in [1.29, 1.82) is 0 Å². The van der Waals surface area contributed by atoms with E-state index in [-0.39, 0.29) is 0 Å². The van der Waals surface area contributed by atoms with Crippen molar-refractivity contribution in [3.05, 3.63) is 72.8 Å². The van der Waals surface area contributed by atoms with E-state index in [1.165, 1.54) is 0 Å². The van der Waals surface area contributed by atoms with Crippen molar-refractivity contribution in [3.63, 3.8) is 0 Å². The van der Waals surface area contributed by atoms with Crippen molar-refractivity contribution >= 4 is 5.82 Å². The molecule has 4 aromatic rings. The van der Waals surface area contributed by atoms with Crippen LogP contribution in [0.5, 0.6) is 5.75 Å². The summed E-state index contributed by atoms with van der Waals surface area (Å²) >= 11 is 0. The minimum Gasteiger partial charge on any atom is -0.496 e. The lowest BCUT2D eigenvalue weighted by atomic mass is 10.2. The van der Waals surface area contributed by atoms with E-state index in [2.05, 4.69) is 24.9 Å². The third kappa shape index (κ3) is 4.31. The van der Waals surface area contributed by atoms with E-state index < -0.39 is 0 Å². The van der Waals surface area contributed by atoms with Gasteiger partial charge in [-0.15, -0.1) is 0 Å². The molecule has 3 heterocycles. The first-order valence-corrected chi connectivity index (χ1v) is 10.6. The fourth-order valence-electron chi connectivity index (χ4n) is 3.84. The first-order valence-electron chi connectivity index (χ1n) is 10.6. The predicted octanol–water partition coefficient (Wildman–Crippen LogP) is 3.52. The van der Waals surface area contributed by atoms with Gasteiger partial charge < -0.3 is 14.2 Å². The largest absolute Gasteiger partial charge is 0.496 e. The molecule has 2 aromatic carbocycles. The van der Waals surface area contributed by atoms with Crippen LogP contribution in [0, 0.1) is 0 Å². The maximum atomic E-state index is 5.50. The fourth-order valence-corrected chi connectivity index (χ4v) is 3.84. The highest BCUT2D eigenvalue weighted by Crippen LogP contribution is 2.27. The van der Waals surface area contributed by atoms with Crippen molar-refractivity contribution in [3.8, 4) is 28.5 Å². The summed E-state index contributed by atoms with van der Waals surface area (Å²) in [4.78, 5) is 18.4. The van der Waals surface area contributed by atoms with E-state index in [1.807, 2.05) is 66.9 Å². The van der Waals surface area contributed by atoms with Crippen molar-refractivity contribution in [2.24, 2.45) is 0 Å². The van der Waals surface area contributed by atoms with Crippen LogP contribution in [-0.4, -0.2) is 58.3 Å². The summed E-state index contributed by atoms with van der Waals surface area (Å²) in [6, 6.07) is 19.7. The molecular formula is C24H24N6O2. The maximum Gasteiger partial charge on any atom is 0.241 e. The molecule has 8 nitrogen and oxygen atoms in total. The maximum absolute atomic E-state index is 5.50. The van der Waals surface area contributed by atoms with Crippen LogP contribution in [-0.2, 0) is 6.54 Å². The molecule has 0 atom stereocenters. The Balaban J connectivity index is 1.21. The second kappa shape index (κ2) is 9.15. The Labute approximate surface area is 186 Å². The molecule has 162 valence electrons. The summed E-state index contributed by atoms with van der Waals surface area (Å²) in [7, 11) is 1.64. The molecule has 0 saturated carbocycles. The van der Waals surface area contributed by atoms with Gasteiger partial charge in [0.15, 0.2) is 5.82 Å². The third-order valence-corrected chi connectivity index (χ3v) is 5.54. The van der Waals surface area contributed by atoms with Crippen molar-refractivity contribution in [2.75, 3.05) is 38.2 Å². The molecule has 0 bridgehead atoms. The van der Waals surface area contributed by atoms with E-state index in [0.717, 1.165) is 54.7 Å². The zero-order chi connectivity index (χ0) is 21.8. The minimum absolute atomic E-state index is 0.547. The lowest BCUT2D eigenvalue weighted by Gasteiger charge is -2.34. The topological polar surface area (TPSA) is 80.4 Å². The lowest BCUT2D eigenvalue weighted by Crippen LogP contribution is -2.46. The van der Waals surface area contributed by atoms with Gasteiger partial charge in [0, 0.05) is 37.9 Å². The van der Waals surface area contributed by atoms with Crippen LogP contribution in [0.2, 0.25) is 0 Å². The molecule has 1 saturated heterocycles. The Morgan fingerprint density at radius 1 is 0.875 bits per heavy atom. The van der Waals surface area contributed by atoms with Gasteiger partial charge in [0.1, 0.15) is 11.6 Å². The normalized spacial score (nSPS) is 14.5. The molecular weight excluding hydrogens is 404 g/mol. The van der Waals surface area contributed by atoms with Gasteiger partial charge in [-0.3, -0.25) is 4.90 Å². The van der Waals surface area contributed by atoms with Gasteiger partial charge in [-0.2, -0.15) is 4.98 Å². The Hall–Kier alpha value is -3.78. The van der Waals surface area contributed by atoms with Gasteiger partial charge in [-0.25, -0.2) is 9.97 Å². The summed E-state index contributed by atoms with van der Waals surface area (Å²) in [5.74, 6) is 3.58. The number of benzene rings is 2. The van der Waals surface area contributed by atoms with Gasteiger partial charge in [-0.05, 0) is 18.2 Å². The highest BCUT2D eigenvalue weighted by molar-refractivity contribution is 5.63. The zero-order valence-corrected chi connectivity index (χ0v) is 17.9. The summed E-state index contributed by atoms with van der Waals surface area (Å²) in [5, 5.41) is 4.14. The molecule has 8 heteroatoms. The highest BCUT2D eigenvalue weighted by Gasteiger charge is 2.21. The first kappa shape index (κ1) is 20.1. The van der Waals surface area contributed by atoms with Crippen LogP contribution in [0.3, 0.4) is 0 Å². The molecule has 0 aliphatic carbocycles. The molecule has 1 fully saturated rings. The number of ether oxygens (including phenoxy) is 1. The van der Waals surface area contributed by atoms with Crippen LogP contribution < -0.4 is 9.64 Å². The average Bonchev–Trinajstić information content (AvgIpc) is 3.33. The molecule has 5 rings (SSSR count). The Kier molecular flexibility index (Phi) is 5.76. The second-order valence-corrected chi connectivity index (χ2v) is 7.58. The lowest BCUT2D eigenvalue weighted by molar-refractivity contribution is 0.215. The standard InChI is InChI=1S/C24H24N6O2/c1-31-20-10-6-5-9-19(20)24-27-22(32-28-24)17-29-13-15-30(16-14-29)21-11-12-25-23(26-21)18-7-3-2-4-8-18/h2-12H,13-17H2,1H3. The van der Waals surface area contributed by atoms with E-state index in [1.54, 1.807) is 7.11 Å². The first-order chi connectivity index (χ1) is 15.8. The van der Waals surface area contributed by atoms with E-state index in [9.17, 15) is 0 Å². The third-order valence-electron chi connectivity index (χ3n) is 5.54. The van der Waals surface area contributed by atoms with Crippen molar-refractivity contribution in [2.45, 2.75) is 6.54 Å². The summed E-state index contributed by atoms with van der Waals surface area (Å²) in [5.41, 5.74) is 1.85. The van der Waals surface area contributed by atoms with E-state index >= 15 is 0 Å². The molecule has 0 amide bonds. The number of piperazine rings is 1. The Morgan fingerprint density at radius 2 is 1.66 bits per heavy atom. The van der Waals surface area contributed by atoms with Crippen LogP contribution in [0.1, 0.15) is 5.89 Å². The Bertz CT molecular complexity index is 1170. The second-order valence-electron chi connectivity index (χ2n) is 7.58. The number of anilines is 1. The highest BCUT2D eigenvalue weighted by atomic mass is 16.5. The monoisotopic (exact) mass is 428 g/mol.